The molecule has 5 heteroatoms. The highest BCUT2D eigenvalue weighted by molar-refractivity contribution is 7.15. The second-order valence-electron chi connectivity index (χ2n) is 5.06. The summed E-state index contributed by atoms with van der Waals surface area (Å²) in [6.07, 6.45) is 10.3. The molecule has 2 aliphatic carbocycles. The molecule has 0 radical (unpaired) electrons. The molecular formula is C16H15IN2OS. The third-order valence-corrected chi connectivity index (χ3v) is 4.69. The number of benzene rings is 1. The van der Waals surface area contributed by atoms with Crippen molar-refractivity contribution in [1.29, 1.82) is 0 Å². The highest BCUT2D eigenvalue weighted by Crippen LogP contribution is 2.36. The van der Waals surface area contributed by atoms with E-state index in [0.29, 0.717) is 0 Å². The molecule has 2 aliphatic rings. The van der Waals surface area contributed by atoms with Crippen LogP contribution in [0.3, 0.4) is 0 Å². The molecule has 0 bridgehead atoms. The predicted octanol–water partition coefficient (Wildman–Crippen LogP) is -0.213. The Labute approximate surface area is 144 Å². The number of thiazole rings is 1. The molecule has 0 saturated carbocycles. The monoisotopic (exact) mass is 410 g/mol. The average molecular weight is 410 g/mol. The molecule has 0 atom stereocenters. The van der Waals surface area contributed by atoms with Crippen LogP contribution >= 0.6 is 11.3 Å². The van der Waals surface area contributed by atoms with Gasteiger partial charge in [0.2, 0.25) is 0 Å². The third kappa shape index (κ3) is 2.72. The van der Waals surface area contributed by atoms with Crippen LogP contribution < -0.4 is 39.4 Å². The molecule has 0 amide bonds. The van der Waals surface area contributed by atoms with E-state index in [-0.39, 0.29) is 30.1 Å². The summed E-state index contributed by atoms with van der Waals surface area (Å²) in [6, 6.07) is 6.32. The number of halogens is 1. The van der Waals surface area contributed by atoms with Gasteiger partial charge in [0.1, 0.15) is 17.5 Å². The molecule has 21 heavy (non-hydrogen) atoms. The summed E-state index contributed by atoms with van der Waals surface area (Å²) in [6.45, 7) is 0. The summed E-state index contributed by atoms with van der Waals surface area (Å²) in [7, 11) is 0. The number of fused-ring (bicyclic) bond motifs is 3. The maximum absolute atomic E-state index is 5.93. The number of hydrogen-bond donors (Lipinski definition) is 1. The van der Waals surface area contributed by atoms with E-state index in [2.05, 4.69) is 17.1 Å². The fourth-order valence-corrected chi connectivity index (χ4v) is 3.67. The lowest BCUT2D eigenvalue weighted by molar-refractivity contribution is -0.341. The zero-order chi connectivity index (χ0) is 13.5. The fraction of sp³-hybridized carbons (Fsp3) is 0.188. The second kappa shape index (κ2) is 5.81. The minimum absolute atomic E-state index is 0. The van der Waals surface area contributed by atoms with Gasteiger partial charge in [0.15, 0.2) is 0 Å². The third-order valence-electron chi connectivity index (χ3n) is 3.71. The van der Waals surface area contributed by atoms with Gasteiger partial charge in [-0.15, -0.1) is 0 Å². The number of anilines is 1. The Bertz CT molecular complexity index is 724. The molecule has 1 aromatic carbocycles. The first-order chi connectivity index (χ1) is 9.79. The Balaban J connectivity index is 0.00000132. The Morgan fingerprint density at radius 1 is 1.19 bits per heavy atom. The molecule has 2 aromatic rings. The number of ether oxygens (including phenoxy) is 1. The highest BCUT2D eigenvalue weighted by Gasteiger charge is 2.23. The number of nitrogen functional groups attached to an aromatic ring is 1. The number of aromatic amines is 1. The maximum atomic E-state index is 5.93. The van der Waals surface area contributed by atoms with Gasteiger partial charge >= 0.3 is 5.13 Å². The summed E-state index contributed by atoms with van der Waals surface area (Å²) < 4.78 is 5.93. The van der Waals surface area contributed by atoms with E-state index in [1.54, 1.807) is 11.3 Å². The van der Waals surface area contributed by atoms with E-state index in [1.807, 2.05) is 30.4 Å². The van der Waals surface area contributed by atoms with Gasteiger partial charge < -0.3 is 28.7 Å². The van der Waals surface area contributed by atoms with Gasteiger partial charge in [0, 0.05) is 5.56 Å². The number of hydrogen-bond acceptors (Lipinski definition) is 3. The van der Waals surface area contributed by atoms with Gasteiger partial charge in [-0.25, -0.2) is 4.98 Å². The van der Waals surface area contributed by atoms with E-state index in [4.69, 9.17) is 10.5 Å². The van der Waals surface area contributed by atoms with E-state index in [9.17, 15) is 0 Å². The van der Waals surface area contributed by atoms with Gasteiger partial charge in [-0.05, 0) is 48.8 Å². The van der Waals surface area contributed by atoms with Crippen LogP contribution in [0.25, 0.3) is 11.3 Å². The Morgan fingerprint density at radius 2 is 2.00 bits per heavy atom. The van der Waals surface area contributed by atoms with Crippen LogP contribution in [0.5, 0.6) is 5.75 Å². The zero-order valence-electron chi connectivity index (χ0n) is 11.3. The minimum Gasteiger partial charge on any atom is -1.00 e. The number of aromatic nitrogens is 1. The largest absolute Gasteiger partial charge is 1.00 e. The van der Waals surface area contributed by atoms with Crippen molar-refractivity contribution >= 4 is 16.5 Å². The van der Waals surface area contributed by atoms with Gasteiger partial charge in [-0.2, -0.15) is 0 Å². The molecule has 3 nitrogen and oxygen atoms in total. The Kier molecular flexibility index (Phi) is 4.03. The average Bonchev–Trinajstić information content (AvgIpc) is 3.06. The smallest absolute Gasteiger partial charge is 0.330 e. The molecule has 1 aromatic heterocycles. The number of H-pyrrole nitrogens is 1. The van der Waals surface area contributed by atoms with Crippen molar-refractivity contribution in [2.24, 2.45) is 0 Å². The van der Waals surface area contributed by atoms with Crippen molar-refractivity contribution in [2.45, 2.75) is 18.9 Å². The lowest BCUT2D eigenvalue weighted by atomic mass is 9.93. The van der Waals surface area contributed by atoms with Crippen LogP contribution in [0.4, 0.5) is 5.13 Å². The van der Waals surface area contributed by atoms with Crippen LogP contribution in [0, 0.1) is 0 Å². The summed E-state index contributed by atoms with van der Waals surface area (Å²) in [5.41, 5.74) is 9.64. The van der Waals surface area contributed by atoms with Gasteiger partial charge in [0.05, 0.1) is 4.88 Å². The van der Waals surface area contributed by atoms with Gasteiger partial charge in [-0.1, -0.05) is 23.5 Å². The van der Waals surface area contributed by atoms with E-state index < -0.39 is 0 Å². The van der Waals surface area contributed by atoms with E-state index in [0.717, 1.165) is 23.7 Å². The second-order valence-corrected chi connectivity index (χ2v) is 6.20. The number of aryl methyl sites for hydroxylation is 2. The van der Waals surface area contributed by atoms with E-state index in [1.165, 1.54) is 21.7 Å². The van der Waals surface area contributed by atoms with Crippen molar-refractivity contribution in [3.05, 3.63) is 52.9 Å². The SMILES string of the molecule is Nc1[nH+]c2c(s1)CCc1cc(OC3C=CC=C3)ccc1-2.[I-]. The summed E-state index contributed by atoms with van der Waals surface area (Å²) in [5.74, 6) is 0.927. The first-order valence-corrected chi connectivity index (χ1v) is 7.57. The van der Waals surface area contributed by atoms with Crippen molar-refractivity contribution in [1.82, 2.24) is 0 Å². The lowest BCUT2D eigenvalue weighted by Crippen LogP contribution is -3.00. The summed E-state index contributed by atoms with van der Waals surface area (Å²) >= 11 is 1.66. The molecule has 0 fully saturated rings. The first kappa shape index (κ1) is 14.6. The lowest BCUT2D eigenvalue weighted by Gasteiger charge is -2.16. The molecule has 0 spiro atoms. The molecular weight excluding hydrogens is 395 g/mol. The van der Waals surface area contributed by atoms with Gasteiger partial charge in [-0.3, -0.25) is 5.73 Å². The molecule has 108 valence electrons. The van der Waals surface area contributed by atoms with Crippen LogP contribution in [0.2, 0.25) is 0 Å². The summed E-state index contributed by atoms with van der Waals surface area (Å²) in [5, 5.41) is 0.782. The molecule has 3 N–H and O–H groups in total. The normalized spacial score (nSPS) is 15.4. The van der Waals surface area contributed by atoms with Crippen LogP contribution in [-0.4, -0.2) is 6.10 Å². The van der Waals surface area contributed by atoms with Crippen LogP contribution in [0.1, 0.15) is 10.4 Å². The number of allylic oxidation sites excluding steroid dienone is 2. The van der Waals surface area contributed by atoms with E-state index >= 15 is 0 Å². The number of nitrogens with two attached hydrogens (primary N) is 1. The van der Waals surface area contributed by atoms with Crippen molar-refractivity contribution in [2.75, 3.05) is 5.73 Å². The molecule has 4 rings (SSSR count). The fourth-order valence-electron chi connectivity index (χ4n) is 2.79. The molecule has 0 unspecified atom stereocenters. The quantitative estimate of drug-likeness (QED) is 0.697. The Hall–Kier alpha value is -1.34. The van der Waals surface area contributed by atoms with Crippen LogP contribution in [-0.2, 0) is 12.8 Å². The highest BCUT2D eigenvalue weighted by atomic mass is 127. The maximum Gasteiger partial charge on any atom is 0.330 e. The van der Waals surface area contributed by atoms with Crippen molar-refractivity contribution < 1.29 is 33.7 Å². The minimum atomic E-state index is 0. The number of nitrogens with one attached hydrogen (secondary N) is 1. The zero-order valence-corrected chi connectivity index (χ0v) is 14.3. The van der Waals surface area contributed by atoms with Crippen molar-refractivity contribution in [3.8, 4) is 17.0 Å². The standard InChI is InChI=1S/C16H14N2OS.HI/c17-16-18-15-13-7-6-12(19-11-3-1-2-4-11)9-10(13)5-8-14(15)20-16;/h1-4,6-7,9,11H,5,8H2,(H2,17,18);1H. The summed E-state index contributed by atoms with van der Waals surface area (Å²) in [4.78, 5) is 4.63. The number of rotatable bonds is 2. The first-order valence-electron chi connectivity index (χ1n) is 6.75. The van der Waals surface area contributed by atoms with Crippen LogP contribution in [0.15, 0.2) is 42.5 Å². The topological polar surface area (TPSA) is 49.4 Å². The molecule has 0 aliphatic heterocycles. The molecule has 1 heterocycles. The Morgan fingerprint density at radius 3 is 2.81 bits per heavy atom. The van der Waals surface area contributed by atoms with Gasteiger partial charge in [0.25, 0.3) is 0 Å². The van der Waals surface area contributed by atoms with Crippen molar-refractivity contribution in [3.63, 3.8) is 0 Å². The predicted molar refractivity (Wildman–Crippen MR) is 80.8 cm³/mol. The molecule has 0 saturated heterocycles.